The molecule has 2 rings (SSSR count). The van der Waals surface area contributed by atoms with Gasteiger partial charge in [0.15, 0.2) is 0 Å². The van der Waals surface area contributed by atoms with Gasteiger partial charge in [0.05, 0.1) is 16.8 Å². The minimum Gasteiger partial charge on any atom is -0.466 e. The highest BCUT2D eigenvalue weighted by atomic mass is 79.9. The molecule has 0 aliphatic heterocycles. The van der Waals surface area contributed by atoms with Gasteiger partial charge in [-0.25, -0.2) is 14.2 Å². The van der Waals surface area contributed by atoms with Gasteiger partial charge in [0, 0.05) is 6.07 Å². The van der Waals surface area contributed by atoms with Crippen LogP contribution in [-0.4, -0.2) is 0 Å². The van der Waals surface area contributed by atoms with Crippen molar-refractivity contribution >= 4 is 15.9 Å². The second-order valence-corrected chi connectivity index (χ2v) is 4.65. The molecule has 1 aromatic carbocycles. The van der Waals surface area contributed by atoms with Crippen LogP contribution in [-0.2, 0) is 6.42 Å². The van der Waals surface area contributed by atoms with Gasteiger partial charge in [0.25, 0.3) is 0 Å². The molecule has 0 bridgehead atoms. The smallest absolute Gasteiger partial charge is 0.136 e. The molecule has 0 amide bonds. The van der Waals surface area contributed by atoms with Crippen molar-refractivity contribution in [1.29, 1.82) is 0 Å². The Balaban J connectivity index is 2.23. The topological polar surface area (TPSA) is 51.2 Å². The molecule has 6 heteroatoms. The Hall–Kier alpha value is -1.24. The second-order valence-electron chi connectivity index (χ2n) is 3.79. The maximum Gasteiger partial charge on any atom is 0.136 e. The van der Waals surface area contributed by atoms with Gasteiger partial charge < -0.3 is 4.42 Å². The minimum atomic E-state index is -0.604. The highest BCUT2D eigenvalue weighted by molar-refractivity contribution is 9.10. The quantitative estimate of drug-likeness (QED) is 0.673. The first-order chi connectivity index (χ1) is 8.61. The summed E-state index contributed by atoms with van der Waals surface area (Å²) in [6.45, 7) is 0. The predicted octanol–water partition coefficient (Wildman–Crippen LogP) is 3.07. The van der Waals surface area contributed by atoms with Gasteiger partial charge in [-0.05, 0) is 40.0 Å². The van der Waals surface area contributed by atoms with Crippen molar-refractivity contribution < 1.29 is 13.2 Å². The van der Waals surface area contributed by atoms with Crippen LogP contribution in [0.15, 0.2) is 39.4 Å². The van der Waals surface area contributed by atoms with E-state index >= 15 is 0 Å². The number of hydrogen-bond acceptors (Lipinski definition) is 3. The van der Waals surface area contributed by atoms with Gasteiger partial charge in [-0.3, -0.25) is 5.84 Å². The number of hydrazine groups is 1. The molecule has 96 valence electrons. The van der Waals surface area contributed by atoms with Gasteiger partial charge in [0.1, 0.15) is 17.4 Å². The van der Waals surface area contributed by atoms with Crippen molar-refractivity contribution in [3.63, 3.8) is 0 Å². The molecule has 0 fully saturated rings. The normalized spacial score (nSPS) is 12.7. The Morgan fingerprint density at radius 2 is 2.11 bits per heavy atom. The van der Waals surface area contributed by atoms with Crippen LogP contribution >= 0.6 is 15.9 Å². The van der Waals surface area contributed by atoms with Crippen molar-refractivity contribution in [1.82, 2.24) is 5.43 Å². The van der Waals surface area contributed by atoms with E-state index in [2.05, 4.69) is 21.4 Å². The van der Waals surface area contributed by atoms with E-state index in [1.807, 2.05) is 0 Å². The molecule has 0 aliphatic carbocycles. The summed E-state index contributed by atoms with van der Waals surface area (Å²) in [7, 11) is 0. The Kier molecular flexibility index (Phi) is 4.11. The zero-order chi connectivity index (χ0) is 13.1. The third kappa shape index (κ3) is 2.77. The molecule has 1 aromatic heterocycles. The molecule has 18 heavy (non-hydrogen) atoms. The fraction of sp³-hybridized carbons (Fsp3) is 0.167. The van der Waals surface area contributed by atoms with Gasteiger partial charge in [0.2, 0.25) is 0 Å². The fourth-order valence-corrected chi connectivity index (χ4v) is 2.17. The Labute approximate surface area is 111 Å². The number of benzene rings is 1. The zero-order valence-electron chi connectivity index (χ0n) is 9.29. The summed E-state index contributed by atoms with van der Waals surface area (Å²) < 4.78 is 32.3. The third-order valence-electron chi connectivity index (χ3n) is 2.60. The molecule has 1 atom stereocenters. The minimum absolute atomic E-state index is 0.259. The Morgan fingerprint density at radius 1 is 1.33 bits per heavy atom. The fourth-order valence-electron chi connectivity index (χ4n) is 1.69. The van der Waals surface area contributed by atoms with Crippen molar-refractivity contribution in [2.75, 3.05) is 0 Å². The summed E-state index contributed by atoms with van der Waals surface area (Å²) in [6.07, 6.45) is 1.76. The lowest BCUT2D eigenvalue weighted by Crippen LogP contribution is -2.29. The maximum atomic E-state index is 13.5. The molecule has 0 radical (unpaired) electrons. The monoisotopic (exact) mass is 316 g/mol. The van der Waals surface area contributed by atoms with Crippen molar-refractivity contribution in [3.8, 4) is 0 Å². The SMILES string of the molecule is NNC(Cc1ccc(F)cc1F)c1occc1Br. The molecule has 1 unspecified atom stereocenters. The van der Waals surface area contributed by atoms with E-state index in [-0.39, 0.29) is 6.42 Å². The van der Waals surface area contributed by atoms with Gasteiger partial charge in [-0.2, -0.15) is 0 Å². The van der Waals surface area contributed by atoms with Crippen LogP contribution in [0.25, 0.3) is 0 Å². The molecule has 0 spiro atoms. The van der Waals surface area contributed by atoms with Crippen LogP contribution in [0.2, 0.25) is 0 Å². The number of hydrogen-bond donors (Lipinski definition) is 2. The molecular weight excluding hydrogens is 306 g/mol. The van der Waals surface area contributed by atoms with Gasteiger partial charge >= 0.3 is 0 Å². The van der Waals surface area contributed by atoms with Gasteiger partial charge in [-0.15, -0.1) is 0 Å². The number of nitrogens with one attached hydrogen (secondary N) is 1. The number of furan rings is 1. The molecule has 0 saturated heterocycles. The van der Waals surface area contributed by atoms with E-state index in [9.17, 15) is 8.78 Å². The van der Waals surface area contributed by atoms with E-state index < -0.39 is 17.7 Å². The summed E-state index contributed by atoms with van der Waals surface area (Å²) in [5.41, 5.74) is 2.92. The van der Waals surface area contributed by atoms with Crippen molar-refractivity contribution in [2.24, 2.45) is 5.84 Å². The van der Waals surface area contributed by atoms with Crippen molar-refractivity contribution in [3.05, 3.63) is 58.0 Å². The first kappa shape index (κ1) is 13.2. The van der Waals surface area contributed by atoms with Crippen molar-refractivity contribution in [2.45, 2.75) is 12.5 Å². The van der Waals surface area contributed by atoms with Crippen LogP contribution in [0.3, 0.4) is 0 Å². The third-order valence-corrected chi connectivity index (χ3v) is 3.26. The summed E-state index contributed by atoms with van der Waals surface area (Å²) in [4.78, 5) is 0. The number of nitrogens with two attached hydrogens (primary N) is 1. The standard InChI is InChI=1S/C12H11BrF2N2O/c13-9-3-4-18-12(9)11(17-16)5-7-1-2-8(14)6-10(7)15/h1-4,6,11,17H,5,16H2. The highest BCUT2D eigenvalue weighted by Crippen LogP contribution is 2.27. The van der Waals surface area contributed by atoms with Crippen LogP contribution in [0.4, 0.5) is 8.78 Å². The average Bonchev–Trinajstić information content (AvgIpc) is 2.75. The van der Waals surface area contributed by atoms with E-state index in [0.29, 0.717) is 11.3 Å². The van der Waals surface area contributed by atoms with Crippen LogP contribution in [0.1, 0.15) is 17.4 Å². The Morgan fingerprint density at radius 3 is 2.67 bits per heavy atom. The van der Waals surface area contributed by atoms with Crippen LogP contribution in [0.5, 0.6) is 0 Å². The highest BCUT2D eigenvalue weighted by Gasteiger charge is 2.18. The molecule has 1 heterocycles. The summed E-state index contributed by atoms with van der Waals surface area (Å²) in [6, 6.07) is 4.78. The van der Waals surface area contributed by atoms with Gasteiger partial charge in [-0.1, -0.05) is 6.07 Å². The number of halogens is 3. The summed E-state index contributed by atoms with van der Waals surface area (Å²) in [5.74, 6) is 4.80. The molecule has 0 aliphatic rings. The number of rotatable bonds is 4. The molecular formula is C12H11BrF2N2O. The molecule has 2 aromatic rings. The predicted molar refractivity (Wildman–Crippen MR) is 66.5 cm³/mol. The van der Waals surface area contributed by atoms with E-state index in [0.717, 1.165) is 10.5 Å². The maximum absolute atomic E-state index is 13.5. The lowest BCUT2D eigenvalue weighted by molar-refractivity contribution is 0.409. The molecule has 3 nitrogen and oxygen atoms in total. The summed E-state index contributed by atoms with van der Waals surface area (Å²) >= 11 is 3.31. The average molecular weight is 317 g/mol. The lowest BCUT2D eigenvalue weighted by Gasteiger charge is -2.14. The second kappa shape index (κ2) is 5.60. The Bertz CT molecular complexity index is 545. The first-order valence-corrected chi connectivity index (χ1v) is 6.04. The lowest BCUT2D eigenvalue weighted by atomic mass is 10.0. The van der Waals surface area contributed by atoms with Crippen LogP contribution in [0, 0.1) is 11.6 Å². The summed E-state index contributed by atoms with van der Waals surface area (Å²) in [5, 5.41) is 0. The largest absolute Gasteiger partial charge is 0.466 e. The zero-order valence-corrected chi connectivity index (χ0v) is 10.9. The van der Waals surface area contributed by atoms with E-state index in [1.54, 1.807) is 6.07 Å². The molecule has 0 saturated carbocycles. The van der Waals surface area contributed by atoms with E-state index in [1.165, 1.54) is 18.4 Å². The van der Waals surface area contributed by atoms with E-state index in [4.69, 9.17) is 10.3 Å². The molecule has 3 N–H and O–H groups in total. The van der Waals surface area contributed by atoms with Crippen LogP contribution < -0.4 is 11.3 Å². The first-order valence-electron chi connectivity index (χ1n) is 5.24.